The fourth-order valence-corrected chi connectivity index (χ4v) is 1.35. The van der Waals surface area contributed by atoms with E-state index in [9.17, 15) is 0 Å². The van der Waals surface area contributed by atoms with Gasteiger partial charge in [-0.25, -0.2) is 4.68 Å². The van der Waals surface area contributed by atoms with E-state index in [1.165, 1.54) is 0 Å². The van der Waals surface area contributed by atoms with Crippen molar-refractivity contribution < 1.29 is 4.74 Å². The van der Waals surface area contributed by atoms with Crippen molar-refractivity contribution in [2.45, 2.75) is 32.7 Å². The molecule has 1 aromatic rings. The lowest BCUT2D eigenvalue weighted by Crippen LogP contribution is -2.04. The zero-order valence-electron chi connectivity index (χ0n) is 9.23. The summed E-state index contributed by atoms with van der Waals surface area (Å²) < 4.78 is 6.81. The van der Waals surface area contributed by atoms with Gasteiger partial charge in [0.05, 0.1) is 23.9 Å². The van der Waals surface area contributed by atoms with Crippen LogP contribution in [0.15, 0.2) is 0 Å². The second kappa shape index (κ2) is 6.14. The number of methoxy groups -OCH3 is 1. The quantitative estimate of drug-likeness (QED) is 0.656. The monoisotopic (exact) mass is 208 g/mol. The van der Waals surface area contributed by atoms with Gasteiger partial charge in [-0.3, -0.25) is 0 Å². The Morgan fingerprint density at radius 3 is 2.93 bits per heavy atom. The summed E-state index contributed by atoms with van der Waals surface area (Å²) in [7, 11) is 1.70. The molecule has 5 nitrogen and oxygen atoms in total. The summed E-state index contributed by atoms with van der Waals surface area (Å²) in [5, 5.41) is 16.5. The number of aromatic nitrogens is 3. The van der Waals surface area contributed by atoms with Gasteiger partial charge in [-0.1, -0.05) is 5.21 Å². The summed E-state index contributed by atoms with van der Waals surface area (Å²) >= 11 is 0. The van der Waals surface area contributed by atoms with E-state index in [-0.39, 0.29) is 0 Å². The summed E-state index contributed by atoms with van der Waals surface area (Å²) in [6.07, 6.45) is 2.37. The summed E-state index contributed by atoms with van der Waals surface area (Å²) in [5.41, 5.74) is 1.78. The second-order valence-corrected chi connectivity index (χ2v) is 3.38. The molecule has 0 aliphatic carbocycles. The van der Waals surface area contributed by atoms with E-state index < -0.39 is 0 Å². The summed E-state index contributed by atoms with van der Waals surface area (Å²) in [6, 6.07) is 2.08. The third-order valence-corrected chi connectivity index (χ3v) is 2.29. The van der Waals surface area contributed by atoms with Crippen molar-refractivity contribution >= 4 is 0 Å². The van der Waals surface area contributed by atoms with Crippen molar-refractivity contribution in [3.63, 3.8) is 0 Å². The van der Waals surface area contributed by atoms with Gasteiger partial charge in [-0.05, 0) is 19.8 Å². The minimum absolute atomic E-state index is 0.337. The number of hydrogen-bond donors (Lipinski definition) is 0. The number of hydrogen-bond acceptors (Lipinski definition) is 4. The molecule has 1 aromatic heterocycles. The Hall–Kier alpha value is -1.41. The summed E-state index contributed by atoms with van der Waals surface area (Å²) in [6.45, 7) is 3.56. The van der Waals surface area contributed by atoms with Crippen molar-refractivity contribution in [1.82, 2.24) is 15.0 Å². The van der Waals surface area contributed by atoms with Crippen LogP contribution in [0.1, 0.15) is 24.2 Å². The largest absolute Gasteiger partial charge is 0.385 e. The first-order valence-corrected chi connectivity index (χ1v) is 5.04. The molecule has 0 aliphatic rings. The van der Waals surface area contributed by atoms with Crippen molar-refractivity contribution in [1.29, 1.82) is 5.26 Å². The normalized spacial score (nSPS) is 10.2. The second-order valence-electron chi connectivity index (χ2n) is 3.38. The van der Waals surface area contributed by atoms with Gasteiger partial charge in [0, 0.05) is 20.3 Å². The van der Waals surface area contributed by atoms with E-state index in [2.05, 4.69) is 16.4 Å². The van der Waals surface area contributed by atoms with Crippen molar-refractivity contribution in [2.75, 3.05) is 13.7 Å². The van der Waals surface area contributed by atoms with Gasteiger partial charge < -0.3 is 4.74 Å². The van der Waals surface area contributed by atoms with Crippen LogP contribution in [-0.4, -0.2) is 28.7 Å². The molecule has 0 aliphatic heterocycles. The average Bonchev–Trinajstić information content (AvgIpc) is 2.57. The highest BCUT2D eigenvalue weighted by atomic mass is 16.5. The smallest absolute Gasteiger partial charge is 0.0996 e. The highest BCUT2D eigenvalue weighted by molar-refractivity contribution is 5.11. The molecule has 0 radical (unpaired) electrons. The van der Waals surface area contributed by atoms with Gasteiger partial charge in [-0.2, -0.15) is 5.26 Å². The summed E-state index contributed by atoms with van der Waals surface area (Å²) in [5.74, 6) is 0. The molecule has 1 heterocycles. The summed E-state index contributed by atoms with van der Waals surface area (Å²) in [4.78, 5) is 0. The molecule has 0 atom stereocenters. The Labute approximate surface area is 89.7 Å². The van der Waals surface area contributed by atoms with Gasteiger partial charge in [0.25, 0.3) is 0 Å². The first-order valence-electron chi connectivity index (χ1n) is 5.04. The predicted molar refractivity (Wildman–Crippen MR) is 55.2 cm³/mol. The molecule has 0 saturated heterocycles. The molecule has 5 heteroatoms. The van der Waals surface area contributed by atoms with Crippen LogP contribution in [0, 0.1) is 18.3 Å². The van der Waals surface area contributed by atoms with Gasteiger partial charge in [0.1, 0.15) is 0 Å². The van der Waals surface area contributed by atoms with E-state index in [0.717, 1.165) is 37.4 Å². The molecule has 0 aromatic carbocycles. The zero-order valence-corrected chi connectivity index (χ0v) is 9.23. The molecular formula is C10H16N4O. The Bertz CT molecular complexity index is 340. The molecule has 82 valence electrons. The van der Waals surface area contributed by atoms with Gasteiger partial charge in [-0.15, -0.1) is 5.10 Å². The van der Waals surface area contributed by atoms with Gasteiger partial charge in [0.2, 0.25) is 0 Å². The van der Waals surface area contributed by atoms with Crippen LogP contribution >= 0.6 is 0 Å². The molecule has 0 unspecified atom stereocenters. The van der Waals surface area contributed by atoms with Crippen LogP contribution in [0.2, 0.25) is 0 Å². The number of unbranched alkanes of at least 4 members (excludes halogenated alkanes) is 1. The Balaban J connectivity index is 2.44. The fraction of sp³-hybridized carbons (Fsp3) is 0.700. The molecule has 15 heavy (non-hydrogen) atoms. The SMILES string of the molecule is COCCCCn1nnc(CC#N)c1C. The van der Waals surface area contributed by atoms with E-state index in [1.807, 2.05) is 11.6 Å². The number of ether oxygens (including phenoxy) is 1. The zero-order chi connectivity index (χ0) is 11.1. The maximum Gasteiger partial charge on any atom is 0.0996 e. The number of nitrogens with zero attached hydrogens (tertiary/aromatic N) is 4. The molecular weight excluding hydrogens is 192 g/mol. The minimum Gasteiger partial charge on any atom is -0.385 e. The maximum absolute atomic E-state index is 8.56. The topological polar surface area (TPSA) is 63.7 Å². The Kier molecular flexibility index (Phi) is 4.78. The van der Waals surface area contributed by atoms with Crippen LogP contribution in [-0.2, 0) is 17.7 Å². The van der Waals surface area contributed by atoms with Gasteiger partial charge in [0.15, 0.2) is 0 Å². The van der Waals surface area contributed by atoms with Gasteiger partial charge >= 0.3 is 0 Å². The van der Waals surface area contributed by atoms with E-state index >= 15 is 0 Å². The van der Waals surface area contributed by atoms with Crippen molar-refractivity contribution in [2.24, 2.45) is 0 Å². The first-order chi connectivity index (χ1) is 7.29. The lowest BCUT2D eigenvalue weighted by molar-refractivity contribution is 0.190. The molecule has 0 amide bonds. The molecule has 0 saturated carbocycles. The number of nitriles is 1. The van der Waals surface area contributed by atoms with E-state index in [0.29, 0.717) is 6.42 Å². The third-order valence-electron chi connectivity index (χ3n) is 2.29. The van der Waals surface area contributed by atoms with Crippen LogP contribution in [0.4, 0.5) is 0 Å². The Morgan fingerprint density at radius 1 is 1.47 bits per heavy atom. The lowest BCUT2D eigenvalue weighted by Gasteiger charge is -2.02. The number of aryl methyl sites for hydroxylation is 1. The highest BCUT2D eigenvalue weighted by Crippen LogP contribution is 2.05. The molecule has 0 N–H and O–H groups in total. The Morgan fingerprint density at radius 2 is 2.27 bits per heavy atom. The maximum atomic E-state index is 8.56. The molecule has 1 rings (SSSR count). The van der Waals surface area contributed by atoms with E-state index in [1.54, 1.807) is 7.11 Å². The molecule has 0 fully saturated rings. The van der Waals surface area contributed by atoms with Crippen LogP contribution in [0.3, 0.4) is 0 Å². The standard InChI is InChI=1S/C10H16N4O/c1-9-10(5-6-11)12-13-14(9)7-3-4-8-15-2/h3-5,7-8H2,1-2H3. The minimum atomic E-state index is 0.337. The average molecular weight is 208 g/mol. The van der Waals surface area contributed by atoms with Crippen LogP contribution < -0.4 is 0 Å². The predicted octanol–water partition coefficient (Wildman–Crippen LogP) is 1.08. The molecule has 0 spiro atoms. The lowest BCUT2D eigenvalue weighted by atomic mass is 10.2. The van der Waals surface area contributed by atoms with Crippen molar-refractivity contribution in [3.05, 3.63) is 11.4 Å². The van der Waals surface area contributed by atoms with Crippen LogP contribution in [0.25, 0.3) is 0 Å². The third kappa shape index (κ3) is 3.33. The fourth-order valence-electron chi connectivity index (χ4n) is 1.35. The number of rotatable bonds is 6. The highest BCUT2D eigenvalue weighted by Gasteiger charge is 2.06. The van der Waals surface area contributed by atoms with Crippen molar-refractivity contribution in [3.8, 4) is 6.07 Å². The van der Waals surface area contributed by atoms with E-state index in [4.69, 9.17) is 10.00 Å². The first kappa shape index (κ1) is 11.7. The molecule has 0 bridgehead atoms. The van der Waals surface area contributed by atoms with Crippen LogP contribution in [0.5, 0.6) is 0 Å².